The highest BCUT2D eigenvalue weighted by molar-refractivity contribution is 7.09. The van der Waals surface area contributed by atoms with E-state index >= 15 is 0 Å². The van der Waals surface area contributed by atoms with Gasteiger partial charge in [-0.1, -0.05) is 6.07 Å². The number of esters is 1. The van der Waals surface area contributed by atoms with Crippen LogP contribution in [0.2, 0.25) is 0 Å². The van der Waals surface area contributed by atoms with Gasteiger partial charge in [0, 0.05) is 18.0 Å². The van der Waals surface area contributed by atoms with E-state index in [9.17, 15) is 9.59 Å². The fourth-order valence-corrected chi connectivity index (χ4v) is 4.68. The van der Waals surface area contributed by atoms with Crippen LogP contribution in [-0.2, 0) is 17.7 Å². The lowest BCUT2D eigenvalue weighted by molar-refractivity contribution is 0.0600. The average Bonchev–Trinajstić information content (AvgIpc) is 3.39. The number of nitrogens with zero attached hydrogens (tertiary/aromatic N) is 1. The Hall–Kier alpha value is -3.62. The third-order valence-corrected chi connectivity index (χ3v) is 6.71. The average molecular weight is 478 g/mol. The van der Waals surface area contributed by atoms with Crippen molar-refractivity contribution < 1.29 is 23.4 Å². The fraction of sp³-hybridized carbons (Fsp3) is 0.231. The normalized spacial score (nSPS) is 13.4. The third kappa shape index (κ3) is 4.30. The van der Waals surface area contributed by atoms with Gasteiger partial charge in [0.1, 0.15) is 29.6 Å². The maximum absolute atomic E-state index is 13.3. The van der Waals surface area contributed by atoms with Gasteiger partial charge in [0.15, 0.2) is 0 Å². The molecule has 7 nitrogen and oxygen atoms in total. The van der Waals surface area contributed by atoms with Crippen LogP contribution in [0.25, 0.3) is 11.0 Å². The number of rotatable bonds is 6. The summed E-state index contributed by atoms with van der Waals surface area (Å²) in [4.78, 5) is 28.5. The lowest BCUT2D eigenvalue weighted by atomic mass is 10.1. The fourth-order valence-electron chi connectivity index (χ4n) is 3.98. The number of ether oxygens (including phenoxy) is 3. The van der Waals surface area contributed by atoms with Crippen LogP contribution in [-0.4, -0.2) is 31.3 Å². The van der Waals surface area contributed by atoms with Crippen LogP contribution in [0.15, 0.2) is 63.1 Å². The Balaban J connectivity index is 1.42. The van der Waals surface area contributed by atoms with Gasteiger partial charge in [-0.3, -0.25) is 9.69 Å². The molecule has 0 spiro atoms. The molecule has 174 valence electrons. The summed E-state index contributed by atoms with van der Waals surface area (Å²) in [6.07, 6.45) is 0.941. The van der Waals surface area contributed by atoms with Crippen LogP contribution in [0.3, 0.4) is 0 Å². The second-order valence-electron chi connectivity index (χ2n) is 8.01. The number of carbonyl (C=O) groups is 1. The van der Waals surface area contributed by atoms with Crippen molar-refractivity contribution in [2.45, 2.75) is 19.9 Å². The molecule has 0 atom stereocenters. The highest BCUT2D eigenvalue weighted by Crippen LogP contribution is 2.34. The van der Waals surface area contributed by atoms with E-state index in [-0.39, 0.29) is 11.2 Å². The van der Waals surface area contributed by atoms with Crippen LogP contribution in [0, 0.1) is 6.92 Å². The molecule has 8 heteroatoms. The van der Waals surface area contributed by atoms with E-state index < -0.39 is 5.97 Å². The second-order valence-corrected chi connectivity index (χ2v) is 9.04. The number of hydrogen-bond donors (Lipinski definition) is 0. The van der Waals surface area contributed by atoms with Crippen molar-refractivity contribution in [2.24, 2.45) is 0 Å². The molecule has 3 heterocycles. The molecule has 0 bridgehead atoms. The van der Waals surface area contributed by atoms with E-state index in [1.807, 2.05) is 6.07 Å². The molecule has 4 aromatic rings. The minimum absolute atomic E-state index is 0.115. The number of aryl methyl sites for hydroxylation is 1. The van der Waals surface area contributed by atoms with Crippen molar-refractivity contribution in [3.63, 3.8) is 0 Å². The zero-order valence-corrected chi connectivity index (χ0v) is 19.6. The first-order valence-electron chi connectivity index (χ1n) is 10.9. The van der Waals surface area contributed by atoms with Crippen LogP contribution >= 0.6 is 11.3 Å². The molecule has 1 aliphatic heterocycles. The number of fused-ring (bicyclic) bond motifs is 3. The largest absolute Gasteiger partial charge is 0.478 e. The molecule has 0 aliphatic carbocycles. The summed E-state index contributed by atoms with van der Waals surface area (Å²) in [7, 11) is 1.32. The number of hydrogen-bond acceptors (Lipinski definition) is 8. The lowest BCUT2D eigenvalue weighted by Gasteiger charge is -2.29. The Morgan fingerprint density at radius 1 is 1.15 bits per heavy atom. The first-order chi connectivity index (χ1) is 16.5. The van der Waals surface area contributed by atoms with E-state index in [1.165, 1.54) is 12.0 Å². The van der Waals surface area contributed by atoms with Crippen molar-refractivity contribution in [1.29, 1.82) is 0 Å². The van der Waals surface area contributed by atoms with Gasteiger partial charge >= 0.3 is 5.97 Å². The lowest BCUT2D eigenvalue weighted by Crippen LogP contribution is -2.33. The maximum atomic E-state index is 13.3. The maximum Gasteiger partial charge on any atom is 0.337 e. The van der Waals surface area contributed by atoms with E-state index in [1.54, 1.807) is 48.6 Å². The summed E-state index contributed by atoms with van der Waals surface area (Å²) in [5.74, 6) is 1.20. The summed E-state index contributed by atoms with van der Waals surface area (Å²) < 4.78 is 22.6. The highest BCUT2D eigenvalue weighted by atomic mass is 32.1. The van der Waals surface area contributed by atoms with Gasteiger partial charge in [-0.2, -0.15) is 0 Å². The molecule has 0 saturated heterocycles. The van der Waals surface area contributed by atoms with E-state index in [2.05, 4.69) is 22.4 Å². The smallest absolute Gasteiger partial charge is 0.337 e. The molecular formula is C26H23NO6S. The summed E-state index contributed by atoms with van der Waals surface area (Å²) in [6, 6.07) is 14.1. The molecule has 0 radical (unpaired) electrons. The van der Waals surface area contributed by atoms with Crippen LogP contribution in [0.5, 0.6) is 17.2 Å². The van der Waals surface area contributed by atoms with Gasteiger partial charge in [0.25, 0.3) is 0 Å². The zero-order valence-electron chi connectivity index (χ0n) is 18.8. The number of thiophene rings is 1. The molecule has 34 heavy (non-hydrogen) atoms. The van der Waals surface area contributed by atoms with Crippen molar-refractivity contribution in [1.82, 2.24) is 4.90 Å². The Labute approximate surface area is 200 Å². The predicted molar refractivity (Wildman–Crippen MR) is 129 cm³/mol. The monoisotopic (exact) mass is 477 g/mol. The first-order valence-corrected chi connectivity index (χ1v) is 11.7. The van der Waals surface area contributed by atoms with Gasteiger partial charge < -0.3 is 18.6 Å². The minimum Gasteiger partial charge on any atom is -0.478 e. The molecule has 0 saturated carbocycles. The van der Waals surface area contributed by atoms with Crippen molar-refractivity contribution >= 4 is 28.3 Å². The molecule has 2 aromatic carbocycles. The summed E-state index contributed by atoms with van der Waals surface area (Å²) >= 11 is 1.74. The van der Waals surface area contributed by atoms with Crippen molar-refractivity contribution in [3.8, 4) is 17.2 Å². The Bertz CT molecular complexity index is 1390. The number of methoxy groups -OCH3 is 1. The van der Waals surface area contributed by atoms with Gasteiger partial charge in [-0.15, -0.1) is 11.3 Å². The Kier molecular flexibility index (Phi) is 6.08. The third-order valence-electron chi connectivity index (χ3n) is 5.78. The quantitative estimate of drug-likeness (QED) is 0.356. The van der Waals surface area contributed by atoms with E-state index in [0.29, 0.717) is 41.3 Å². The summed E-state index contributed by atoms with van der Waals surface area (Å²) in [5.41, 5.74) is 1.53. The van der Waals surface area contributed by atoms with E-state index in [0.717, 1.165) is 24.3 Å². The number of carbonyl (C=O) groups excluding carboxylic acids is 1. The van der Waals surface area contributed by atoms with Crippen LogP contribution < -0.4 is 14.9 Å². The first kappa shape index (κ1) is 22.2. The van der Waals surface area contributed by atoms with Gasteiger partial charge in [-0.25, -0.2) is 4.79 Å². The SMILES string of the molecule is COC(=O)c1ccc(Oc2c(C)oc3c4c(ccc3c2=O)OCN(CCc2cccs2)C4)cc1. The molecular weight excluding hydrogens is 454 g/mol. The van der Waals surface area contributed by atoms with Crippen LogP contribution in [0.1, 0.15) is 26.6 Å². The molecule has 2 aromatic heterocycles. The van der Waals surface area contributed by atoms with Gasteiger partial charge in [0.2, 0.25) is 11.2 Å². The Morgan fingerprint density at radius 3 is 2.71 bits per heavy atom. The van der Waals surface area contributed by atoms with E-state index in [4.69, 9.17) is 18.6 Å². The van der Waals surface area contributed by atoms with Crippen LogP contribution in [0.4, 0.5) is 0 Å². The molecule has 0 fully saturated rings. The standard InChI is InChI=1S/C26H23NO6S/c1-16-24(33-18-7-5-17(6-8-18)26(29)30-2)23(28)20-9-10-22-21(25(20)32-16)14-27(15-31-22)12-11-19-4-3-13-34-19/h3-10,13H,11-12,14-15H2,1-2H3. The minimum atomic E-state index is -0.440. The topological polar surface area (TPSA) is 78.2 Å². The van der Waals surface area contributed by atoms with Crippen molar-refractivity contribution in [2.75, 3.05) is 20.4 Å². The Morgan fingerprint density at radius 2 is 1.97 bits per heavy atom. The highest BCUT2D eigenvalue weighted by Gasteiger charge is 2.24. The van der Waals surface area contributed by atoms with Crippen molar-refractivity contribution in [3.05, 3.63) is 85.9 Å². The summed E-state index contributed by atoms with van der Waals surface area (Å²) in [5, 5.41) is 2.52. The zero-order chi connectivity index (χ0) is 23.7. The molecule has 0 N–H and O–H groups in total. The molecule has 0 unspecified atom stereocenters. The molecule has 0 amide bonds. The van der Waals surface area contributed by atoms with Gasteiger partial charge in [-0.05, 0) is 61.2 Å². The second kappa shape index (κ2) is 9.32. The molecule has 5 rings (SSSR count). The predicted octanol–water partition coefficient (Wildman–Crippen LogP) is 5.14. The molecule has 1 aliphatic rings. The number of benzene rings is 2. The van der Waals surface area contributed by atoms with Gasteiger partial charge in [0.05, 0.1) is 23.6 Å². The summed E-state index contributed by atoms with van der Waals surface area (Å²) in [6.45, 7) is 3.68.